The maximum absolute atomic E-state index is 6.35. The van der Waals surface area contributed by atoms with E-state index in [0.29, 0.717) is 6.04 Å². The molecule has 1 nitrogen and oxygen atoms in total. The molecular weight excluding hydrogens is 253 g/mol. The summed E-state index contributed by atoms with van der Waals surface area (Å²) in [4.78, 5) is 0. The molecule has 0 saturated heterocycles. The Balaban J connectivity index is 2.42. The largest absolute Gasteiger partial charge is 0.310 e. The molecule has 0 bridgehead atoms. The van der Waals surface area contributed by atoms with E-state index in [2.05, 4.69) is 32.2 Å². The Labute approximate surface area is 114 Å². The van der Waals surface area contributed by atoms with Gasteiger partial charge in [-0.2, -0.15) is 0 Å². The lowest BCUT2D eigenvalue weighted by Crippen LogP contribution is -2.22. The molecule has 0 aromatic heterocycles. The molecular formula is C14H19Cl2N. The van der Waals surface area contributed by atoms with Crippen molar-refractivity contribution in [2.75, 3.05) is 6.54 Å². The Bertz CT molecular complexity index is 426. The molecule has 0 saturated carbocycles. The van der Waals surface area contributed by atoms with E-state index in [0.717, 1.165) is 29.4 Å². The monoisotopic (exact) mass is 271 g/mol. The second-order valence-electron chi connectivity index (χ2n) is 5.45. The Morgan fingerprint density at radius 1 is 1.35 bits per heavy atom. The first kappa shape index (κ1) is 13.2. The van der Waals surface area contributed by atoms with Crippen LogP contribution in [0.2, 0.25) is 10.0 Å². The molecule has 2 rings (SSSR count). The molecule has 0 fully saturated rings. The van der Waals surface area contributed by atoms with E-state index >= 15 is 0 Å². The standard InChI is InChI=1S/C14H19Cl2N/c1-4-5-17-12-8-14(2,3)13-10(12)6-9(15)7-11(13)16/h6-7,12,17H,4-5,8H2,1-3H3. The number of halogens is 2. The van der Waals surface area contributed by atoms with Crippen LogP contribution in [-0.2, 0) is 5.41 Å². The van der Waals surface area contributed by atoms with Crippen molar-refractivity contribution in [1.82, 2.24) is 5.32 Å². The SMILES string of the molecule is CCCNC1CC(C)(C)c2c(Cl)cc(Cl)cc21. The van der Waals surface area contributed by atoms with Crippen LogP contribution in [0.4, 0.5) is 0 Å². The fourth-order valence-electron chi connectivity index (χ4n) is 2.81. The number of hydrogen-bond acceptors (Lipinski definition) is 1. The van der Waals surface area contributed by atoms with Gasteiger partial charge in [0.1, 0.15) is 0 Å². The maximum atomic E-state index is 6.35. The zero-order valence-corrected chi connectivity index (χ0v) is 12.1. The topological polar surface area (TPSA) is 12.0 Å². The number of benzene rings is 1. The van der Waals surface area contributed by atoms with Gasteiger partial charge in [0.2, 0.25) is 0 Å². The first-order chi connectivity index (χ1) is 7.95. The van der Waals surface area contributed by atoms with E-state index in [1.807, 2.05) is 6.07 Å². The van der Waals surface area contributed by atoms with Crippen molar-refractivity contribution in [3.8, 4) is 0 Å². The van der Waals surface area contributed by atoms with Crippen LogP contribution in [0.3, 0.4) is 0 Å². The predicted octanol–water partition coefficient (Wildman–Crippen LogP) is 4.72. The molecule has 1 N–H and O–H groups in total. The van der Waals surface area contributed by atoms with Gasteiger partial charge in [0.25, 0.3) is 0 Å². The van der Waals surface area contributed by atoms with Crippen LogP contribution < -0.4 is 5.32 Å². The van der Waals surface area contributed by atoms with Crippen molar-refractivity contribution in [3.63, 3.8) is 0 Å². The predicted molar refractivity (Wildman–Crippen MR) is 75.1 cm³/mol. The highest BCUT2D eigenvalue weighted by Gasteiger charge is 2.38. The molecule has 1 atom stereocenters. The van der Waals surface area contributed by atoms with Crippen molar-refractivity contribution in [3.05, 3.63) is 33.3 Å². The second kappa shape index (κ2) is 4.79. The van der Waals surface area contributed by atoms with Crippen LogP contribution in [0, 0.1) is 0 Å². The van der Waals surface area contributed by atoms with E-state index in [9.17, 15) is 0 Å². The maximum Gasteiger partial charge on any atom is 0.0461 e. The average Bonchev–Trinajstić information content (AvgIpc) is 2.46. The van der Waals surface area contributed by atoms with Gasteiger partial charge in [-0.05, 0) is 48.1 Å². The van der Waals surface area contributed by atoms with Crippen molar-refractivity contribution in [2.45, 2.75) is 45.1 Å². The highest BCUT2D eigenvalue weighted by atomic mass is 35.5. The number of nitrogens with one attached hydrogen (secondary N) is 1. The summed E-state index contributed by atoms with van der Waals surface area (Å²) in [5, 5.41) is 5.12. The molecule has 3 heteroatoms. The van der Waals surface area contributed by atoms with E-state index in [4.69, 9.17) is 23.2 Å². The van der Waals surface area contributed by atoms with Crippen LogP contribution in [0.15, 0.2) is 12.1 Å². The molecule has 0 heterocycles. The van der Waals surface area contributed by atoms with Gasteiger partial charge in [-0.1, -0.05) is 44.0 Å². The molecule has 1 aliphatic carbocycles. The Morgan fingerprint density at radius 3 is 2.71 bits per heavy atom. The Kier molecular flexibility index (Phi) is 3.72. The van der Waals surface area contributed by atoms with Gasteiger partial charge in [0.15, 0.2) is 0 Å². The highest BCUT2D eigenvalue weighted by Crippen LogP contribution is 2.48. The fraction of sp³-hybridized carbons (Fsp3) is 0.571. The smallest absolute Gasteiger partial charge is 0.0461 e. The lowest BCUT2D eigenvalue weighted by molar-refractivity contribution is 0.427. The summed E-state index contributed by atoms with van der Waals surface area (Å²) >= 11 is 12.5. The van der Waals surface area contributed by atoms with E-state index in [1.54, 1.807) is 0 Å². The molecule has 0 spiro atoms. The zero-order chi connectivity index (χ0) is 12.6. The molecule has 17 heavy (non-hydrogen) atoms. The molecule has 0 amide bonds. The zero-order valence-electron chi connectivity index (χ0n) is 10.6. The second-order valence-corrected chi connectivity index (χ2v) is 6.29. The van der Waals surface area contributed by atoms with Gasteiger partial charge in [0.05, 0.1) is 0 Å². The Hall–Kier alpha value is -0.240. The minimum Gasteiger partial charge on any atom is -0.310 e. The van der Waals surface area contributed by atoms with Gasteiger partial charge in [0, 0.05) is 16.1 Å². The summed E-state index contributed by atoms with van der Waals surface area (Å²) in [6, 6.07) is 4.30. The van der Waals surface area contributed by atoms with Gasteiger partial charge in [-0.25, -0.2) is 0 Å². The summed E-state index contributed by atoms with van der Waals surface area (Å²) < 4.78 is 0. The number of fused-ring (bicyclic) bond motifs is 1. The molecule has 1 aromatic carbocycles. The van der Waals surface area contributed by atoms with E-state index < -0.39 is 0 Å². The first-order valence-electron chi connectivity index (χ1n) is 6.18. The summed E-state index contributed by atoms with van der Waals surface area (Å²) in [5.41, 5.74) is 2.67. The van der Waals surface area contributed by atoms with Crippen molar-refractivity contribution >= 4 is 23.2 Å². The molecule has 1 aliphatic rings. The van der Waals surface area contributed by atoms with Crippen LogP contribution in [0.1, 0.15) is 50.8 Å². The Morgan fingerprint density at radius 2 is 2.06 bits per heavy atom. The highest BCUT2D eigenvalue weighted by molar-refractivity contribution is 6.35. The van der Waals surface area contributed by atoms with Gasteiger partial charge >= 0.3 is 0 Å². The third-order valence-corrected chi connectivity index (χ3v) is 4.01. The van der Waals surface area contributed by atoms with Crippen LogP contribution in [-0.4, -0.2) is 6.54 Å². The lowest BCUT2D eigenvalue weighted by atomic mass is 9.86. The summed E-state index contributed by atoms with van der Waals surface area (Å²) in [6.07, 6.45) is 2.23. The quantitative estimate of drug-likeness (QED) is 0.839. The first-order valence-corrected chi connectivity index (χ1v) is 6.94. The third kappa shape index (κ3) is 2.47. The average molecular weight is 272 g/mol. The minimum absolute atomic E-state index is 0.127. The van der Waals surface area contributed by atoms with Gasteiger partial charge in [-0.15, -0.1) is 0 Å². The molecule has 94 valence electrons. The van der Waals surface area contributed by atoms with Crippen molar-refractivity contribution in [1.29, 1.82) is 0 Å². The van der Waals surface area contributed by atoms with Gasteiger partial charge < -0.3 is 5.32 Å². The third-order valence-electron chi connectivity index (χ3n) is 3.49. The van der Waals surface area contributed by atoms with Crippen LogP contribution in [0.5, 0.6) is 0 Å². The molecule has 1 aromatic rings. The molecule has 0 aliphatic heterocycles. The van der Waals surface area contributed by atoms with Gasteiger partial charge in [-0.3, -0.25) is 0 Å². The van der Waals surface area contributed by atoms with Crippen molar-refractivity contribution in [2.24, 2.45) is 0 Å². The number of hydrogen-bond donors (Lipinski definition) is 1. The van der Waals surface area contributed by atoms with E-state index in [-0.39, 0.29) is 5.41 Å². The molecule has 1 unspecified atom stereocenters. The minimum atomic E-state index is 0.127. The normalized spacial score (nSPS) is 21.6. The summed E-state index contributed by atoms with van der Waals surface area (Å²) in [7, 11) is 0. The molecule has 0 radical (unpaired) electrons. The number of rotatable bonds is 3. The van der Waals surface area contributed by atoms with Crippen LogP contribution >= 0.6 is 23.2 Å². The van der Waals surface area contributed by atoms with Crippen LogP contribution in [0.25, 0.3) is 0 Å². The lowest BCUT2D eigenvalue weighted by Gasteiger charge is -2.20. The fourth-order valence-corrected chi connectivity index (χ4v) is 3.57. The van der Waals surface area contributed by atoms with E-state index in [1.165, 1.54) is 11.1 Å². The summed E-state index contributed by atoms with van der Waals surface area (Å²) in [5.74, 6) is 0. The summed E-state index contributed by atoms with van der Waals surface area (Å²) in [6.45, 7) is 7.71. The van der Waals surface area contributed by atoms with Crippen molar-refractivity contribution < 1.29 is 0 Å².